The van der Waals surface area contributed by atoms with Gasteiger partial charge in [0, 0.05) is 6.54 Å². The molecule has 112 valence electrons. The van der Waals surface area contributed by atoms with Crippen molar-refractivity contribution < 1.29 is 27.8 Å². The summed E-state index contributed by atoms with van der Waals surface area (Å²) in [5.74, 6) is -0.636. The minimum Gasteiger partial charge on any atom is -0.388 e. The molecule has 1 aliphatic rings. The van der Waals surface area contributed by atoms with Gasteiger partial charge in [0.1, 0.15) is 12.7 Å². The van der Waals surface area contributed by atoms with Crippen molar-refractivity contribution in [2.45, 2.75) is 56.9 Å². The summed E-state index contributed by atoms with van der Waals surface area (Å²) in [7, 11) is 0. The molecule has 0 saturated heterocycles. The first-order valence-electron chi connectivity index (χ1n) is 6.40. The van der Waals surface area contributed by atoms with Crippen molar-refractivity contribution in [3.63, 3.8) is 0 Å². The molecule has 4 nitrogen and oxygen atoms in total. The first kappa shape index (κ1) is 16.2. The second-order valence-corrected chi connectivity index (χ2v) is 5.07. The van der Waals surface area contributed by atoms with Crippen LogP contribution in [0.4, 0.5) is 13.2 Å². The van der Waals surface area contributed by atoms with Crippen molar-refractivity contribution in [2.24, 2.45) is 0 Å². The Balaban J connectivity index is 2.30. The van der Waals surface area contributed by atoms with Crippen LogP contribution < -0.4 is 5.32 Å². The number of amides is 1. The second-order valence-electron chi connectivity index (χ2n) is 5.07. The van der Waals surface area contributed by atoms with Gasteiger partial charge in [-0.15, -0.1) is 0 Å². The molecular formula is C12H20F3NO3. The predicted octanol–water partition coefficient (Wildman–Crippen LogP) is 1.77. The topological polar surface area (TPSA) is 58.6 Å². The van der Waals surface area contributed by atoms with Gasteiger partial charge in [-0.2, -0.15) is 13.2 Å². The molecule has 1 amide bonds. The summed E-state index contributed by atoms with van der Waals surface area (Å²) in [6.07, 6.45) is -1.58. The molecule has 1 atom stereocenters. The van der Waals surface area contributed by atoms with Crippen molar-refractivity contribution in [1.82, 2.24) is 5.32 Å². The number of alkyl halides is 3. The molecule has 1 saturated carbocycles. The van der Waals surface area contributed by atoms with E-state index in [0.717, 1.165) is 19.3 Å². The van der Waals surface area contributed by atoms with Gasteiger partial charge in [0.05, 0.1) is 5.60 Å². The third kappa shape index (κ3) is 6.24. The molecule has 0 aromatic heterocycles. The Morgan fingerprint density at radius 1 is 1.37 bits per heavy atom. The molecule has 0 spiro atoms. The van der Waals surface area contributed by atoms with E-state index in [4.69, 9.17) is 0 Å². The van der Waals surface area contributed by atoms with E-state index >= 15 is 0 Å². The lowest BCUT2D eigenvalue weighted by molar-refractivity contribution is -0.186. The van der Waals surface area contributed by atoms with E-state index in [9.17, 15) is 23.1 Å². The zero-order chi connectivity index (χ0) is 14.5. The highest BCUT2D eigenvalue weighted by atomic mass is 19.4. The van der Waals surface area contributed by atoms with Gasteiger partial charge in [0.25, 0.3) is 0 Å². The highest BCUT2D eigenvalue weighted by Crippen LogP contribution is 2.27. The van der Waals surface area contributed by atoms with E-state index in [0.29, 0.717) is 12.8 Å². The number of nitrogens with one attached hydrogen (secondary N) is 1. The summed E-state index contributed by atoms with van der Waals surface area (Å²) in [6, 6.07) is 0. The lowest BCUT2D eigenvalue weighted by Gasteiger charge is -2.32. The Morgan fingerprint density at radius 2 is 1.95 bits per heavy atom. The van der Waals surface area contributed by atoms with Crippen molar-refractivity contribution in [1.29, 1.82) is 0 Å². The van der Waals surface area contributed by atoms with Crippen LogP contribution in [0.2, 0.25) is 0 Å². The summed E-state index contributed by atoms with van der Waals surface area (Å²) < 4.78 is 40.2. The summed E-state index contributed by atoms with van der Waals surface area (Å²) >= 11 is 0. The number of hydrogen-bond donors (Lipinski definition) is 2. The molecule has 0 heterocycles. The standard InChI is InChI=1S/C12H20F3NO3/c1-9(19-8-12(13,14)15)10(17)16-7-11(18)5-3-2-4-6-11/h9,18H,2-8H2,1H3,(H,16,17). The molecule has 0 radical (unpaired) electrons. The van der Waals surface area contributed by atoms with Gasteiger partial charge in [-0.25, -0.2) is 0 Å². The Kier molecular flexibility index (Phi) is 5.61. The number of rotatable bonds is 5. The number of carbonyl (C=O) groups is 1. The third-order valence-electron chi connectivity index (χ3n) is 3.24. The van der Waals surface area contributed by atoms with E-state index in [1.165, 1.54) is 6.92 Å². The van der Waals surface area contributed by atoms with Crippen LogP contribution in [0.5, 0.6) is 0 Å². The normalized spacial score (nSPS) is 20.9. The van der Waals surface area contributed by atoms with Crippen LogP contribution in [0.15, 0.2) is 0 Å². The van der Waals surface area contributed by atoms with Crippen LogP contribution in [0.3, 0.4) is 0 Å². The molecule has 0 bridgehead atoms. The third-order valence-corrected chi connectivity index (χ3v) is 3.24. The molecule has 1 unspecified atom stereocenters. The van der Waals surface area contributed by atoms with E-state index in [1.807, 2.05) is 0 Å². The van der Waals surface area contributed by atoms with E-state index < -0.39 is 30.4 Å². The van der Waals surface area contributed by atoms with Crippen LogP contribution in [-0.4, -0.2) is 42.0 Å². The van der Waals surface area contributed by atoms with Gasteiger partial charge in [0.15, 0.2) is 0 Å². The number of halogens is 3. The van der Waals surface area contributed by atoms with Crippen LogP contribution >= 0.6 is 0 Å². The van der Waals surface area contributed by atoms with Crippen molar-refractivity contribution in [3.05, 3.63) is 0 Å². The molecule has 1 aliphatic carbocycles. The smallest absolute Gasteiger partial charge is 0.388 e. The maximum Gasteiger partial charge on any atom is 0.411 e. The van der Waals surface area contributed by atoms with Crippen LogP contribution in [0.1, 0.15) is 39.0 Å². The van der Waals surface area contributed by atoms with Gasteiger partial charge in [-0.05, 0) is 19.8 Å². The average Bonchev–Trinajstić information content (AvgIpc) is 2.33. The largest absolute Gasteiger partial charge is 0.411 e. The van der Waals surface area contributed by atoms with Crippen LogP contribution in [0, 0.1) is 0 Å². The SMILES string of the molecule is CC(OCC(F)(F)F)C(=O)NCC1(O)CCCCC1. The Morgan fingerprint density at radius 3 is 2.47 bits per heavy atom. The van der Waals surface area contributed by atoms with E-state index in [1.54, 1.807) is 0 Å². The van der Waals surface area contributed by atoms with Gasteiger partial charge in [0.2, 0.25) is 5.91 Å². The molecule has 2 N–H and O–H groups in total. The first-order chi connectivity index (χ1) is 8.72. The number of aliphatic hydroxyl groups is 1. The zero-order valence-electron chi connectivity index (χ0n) is 10.9. The monoisotopic (exact) mass is 283 g/mol. The fourth-order valence-corrected chi connectivity index (χ4v) is 2.08. The van der Waals surface area contributed by atoms with Crippen LogP contribution in [0.25, 0.3) is 0 Å². The predicted molar refractivity (Wildman–Crippen MR) is 62.5 cm³/mol. The highest BCUT2D eigenvalue weighted by Gasteiger charge is 2.32. The average molecular weight is 283 g/mol. The van der Waals surface area contributed by atoms with E-state index in [-0.39, 0.29) is 6.54 Å². The minimum atomic E-state index is -4.45. The van der Waals surface area contributed by atoms with Gasteiger partial charge >= 0.3 is 6.18 Å². The summed E-state index contributed by atoms with van der Waals surface area (Å²) in [6.45, 7) is -0.136. The van der Waals surface area contributed by atoms with E-state index in [2.05, 4.69) is 10.1 Å². The highest BCUT2D eigenvalue weighted by molar-refractivity contribution is 5.80. The Hall–Kier alpha value is -0.820. The minimum absolute atomic E-state index is 0.0611. The fourth-order valence-electron chi connectivity index (χ4n) is 2.08. The molecule has 1 fully saturated rings. The summed E-state index contributed by atoms with van der Waals surface area (Å²) in [4.78, 5) is 11.5. The lowest BCUT2D eigenvalue weighted by atomic mass is 9.85. The number of hydrogen-bond acceptors (Lipinski definition) is 3. The Labute approximate surface area is 110 Å². The maximum atomic E-state index is 11.9. The van der Waals surface area contributed by atoms with Crippen molar-refractivity contribution >= 4 is 5.91 Å². The quantitative estimate of drug-likeness (QED) is 0.808. The first-order valence-corrected chi connectivity index (χ1v) is 6.40. The Bertz CT molecular complexity index is 301. The number of carbonyl (C=O) groups excluding carboxylic acids is 1. The molecule has 19 heavy (non-hydrogen) atoms. The molecule has 7 heteroatoms. The van der Waals surface area contributed by atoms with Gasteiger partial charge < -0.3 is 15.2 Å². The zero-order valence-corrected chi connectivity index (χ0v) is 10.9. The second kappa shape index (κ2) is 6.56. The van der Waals surface area contributed by atoms with Crippen molar-refractivity contribution in [3.8, 4) is 0 Å². The summed E-state index contributed by atoms with van der Waals surface area (Å²) in [5, 5.41) is 12.6. The van der Waals surface area contributed by atoms with Gasteiger partial charge in [-0.1, -0.05) is 19.3 Å². The molecule has 0 aromatic carbocycles. The number of ether oxygens (including phenoxy) is 1. The van der Waals surface area contributed by atoms with Gasteiger partial charge in [-0.3, -0.25) is 4.79 Å². The van der Waals surface area contributed by atoms with Crippen molar-refractivity contribution in [2.75, 3.05) is 13.2 Å². The lowest BCUT2D eigenvalue weighted by Crippen LogP contribution is -2.47. The van der Waals surface area contributed by atoms with Crippen LogP contribution in [-0.2, 0) is 9.53 Å². The fraction of sp³-hybridized carbons (Fsp3) is 0.917. The molecule has 0 aromatic rings. The molecule has 1 rings (SSSR count). The molecule has 0 aliphatic heterocycles. The maximum absolute atomic E-state index is 11.9. The molecular weight excluding hydrogens is 263 g/mol. The summed E-state index contributed by atoms with van der Waals surface area (Å²) in [5.41, 5.74) is -0.933.